The van der Waals surface area contributed by atoms with Gasteiger partial charge in [-0.25, -0.2) is 0 Å². The maximum absolute atomic E-state index is 11.5. The van der Waals surface area contributed by atoms with Gasteiger partial charge in [0.1, 0.15) is 17.9 Å². The van der Waals surface area contributed by atoms with Gasteiger partial charge in [-0.1, -0.05) is 28.1 Å². The Morgan fingerprint density at radius 1 is 1.26 bits per heavy atom. The summed E-state index contributed by atoms with van der Waals surface area (Å²) in [5, 5.41) is 5.34. The third kappa shape index (κ3) is 3.99. The molecule has 2 atom stereocenters. The van der Waals surface area contributed by atoms with E-state index in [1.165, 1.54) is 7.11 Å². The lowest BCUT2D eigenvalue weighted by Crippen LogP contribution is -2.31. The smallest absolute Gasteiger partial charge is 0.323 e. The van der Waals surface area contributed by atoms with E-state index < -0.39 is 0 Å². The van der Waals surface area contributed by atoms with Gasteiger partial charge in [-0.05, 0) is 44.9 Å². The average molecular weight is 466 g/mol. The number of methoxy groups -OCH3 is 1. The molecule has 1 aliphatic rings. The largest absolute Gasteiger partial charge is 0.488 e. The molecule has 4 nitrogen and oxygen atoms in total. The number of carbonyl (C=O) groups excluding carboxylic acids is 1. The Hall–Kier alpha value is -0.820. The topological polar surface area (TPSA) is 47.6 Å². The molecule has 3 rings (SSSR count). The Morgan fingerprint density at radius 2 is 2.04 bits per heavy atom. The number of benzene rings is 2. The molecule has 124 valence electrons. The standard InChI is InChI=1S/C16H15Br2NO3.ClH/c1-21-16(20)13-7-11(8-19-13)22-14-5-2-9-6-10(17)3-4-12(9)15(14)18;/h2-6,11,13,19H,7-8H2,1H3;1H/t11-,13+;/m1./s1. The molecular formula is C16H16Br2ClNO3. The van der Waals surface area contributed by atoms with Crippen LogP contribution in [-0.2, 0) is 9.53 Å². The Bertz CT molecular complexity index is 726. The number of hydrogen-bond donors (Lipinski definition) is 1. The Balaban J connectivity index is 0.00000192. The molecule has 0 radical (unpaired) electrons. The van der Waals surface area contributed by atoms with Crippen LogP contribution in [0.25, 0.3) is 10.8 Å². The van der Waals surface area contributed by atoms with Gasteiger partial charge < -0.3 is 14.8 Å². The second kappa shape index (κ2) is 7.83. The molecule has 7 heteroatoms. The van der Waals surface area contributed by atoms with Crippen LogP contribution in [0.5, 0.6) is 5.75 Å². The zero-order chi connectivity index (χ0) is 15.7. The fraction of sp³-hybridized carbons (Fsp3) is 0.312. The van der Waals surface area contributed by atoms with E-state index in [-0.39, 0.29) is 30.5 Å². The van der Waals surface area contributed by atoms with E-state index in [1.54, 1.807) is 0 Å². The van der Waals surface area contributed by atoms with Gasteiger partial charge in [0.25, 0.3) is 0 Å². The van der Waals surface area contributed by atoms with Crippen molar-refractivity contribution in [2.75, 3.05) is 13.7 Å². The number of halogens is 3. The number of rotatable bonds is 3. The molecule has 1 heterocycles. The molecule has 1 aliphatic heterocycles. The lowest BCUT2D eigenvalue weighted by molar-refractivity contribution is -0.142. The van der Waals surface area contributed by atoms with E-state index in [0.29, 0.717) is 13.0 Å². The van der Waals surface area contributed by atoms with E-state index in [1.807, 2.05) is 24.3 Å². The van der Waals surface area contributed by atoms with Crippen molar-refractivity contribution in [3.05, 3.63) is 39.3 Å². The minimum atomic E-state index is -0.287. The van der Waals surface area contributed by atoms with Crippen molar-refractivity contribution in [2.24, 2.45) is 0 Å². The predicted octanol–water partition coefficient (Wildman–Crippen LogP) is 4.07. The molecule has 0 saturated carbocycles. The number of hydrogen-bond acceptors (Lipinski definition) is 4. The third-order valence-electron chi connectivity index (χ3n) is 3.75. The number of esters is 1. The average Bonchev–Trinajstić information content (AvgIpc) is 2.98. The second-order valence-corrected chi connectivity index (χ2v) is 6.91. The summed E-state index contributed by atoms with van der Waals surface area (Å²) in [6, 6.07) is 9.80. The minimum absolute atomic E-state index is 0. The Labute approximate surface area is 157 Å². The van der Waals surface area contributed by atoms with Crippen LogP contribution in [0.3, 0.4) is 0 Å². The van der Waals surface area contributed by atoms with Crippen molar-refractivity contribution in [2.45, 2.75) is 18.6 Å². The van der Waals surface area contributed by atoms with Crippen LogP contribution in [0, 0.1) is 0 Å². The van der Waals surface area contributed by atoms with Crippen LogP contribution >= 0.6 is 44.3 Å². The molecule has 0 aliphatic carbocycles. The quantitative estimate of drug-likeness (QED) is 0.695. The van der Waals surface area contributed by atoms with Crippen molar-refractivity contribution in [3.8, 4) is 5.75 Å². The molecular weight excluding hydrogens is 449 g/mol. The predicted molar refractivity (Wildman–Crippen MR) is 99.4 cm³/mol. The summed E-state index contributed by atoms with van der Waals surface area (Å²) in [6.45, 7) is 0.630. The van der Waals surface area contributed by atoms with E-state index in [9.17, 15) is 4.79 Å². The fourth-order valence-electron chi connectivity index (χ4n) is 2.63. The zero-order valence-corrected chi connectivity index (χ0v) is 16.3. The first-order valence-electron chi connectivity index (χ1n) is 6.94. The van der Waals surface area contributed by atoms with Gasteiger partial charge in [-0.3, -0.25) is 4.79 Å². The Kier molecular flexibility index (Phi) is 6.31. The molecule has 23 heavy (non-hydrogen) atoms. The zero-order valence-electron chi connectivity index (χ0n) is 12.3. The first kappa shape index (κ1) is 18.5. The summed E-state index contributed by atoms with van der Waals surface area (Å²) in [4.78, 5) is 11.5. The maximum atomic E-state index is 11.5. The van der Waals surface area contributed by atoms with Gasteiger partial charge in [0.05, 0.1) is 11.6 Å². The summed E-state index contributed by atoms with van der Waals surface area (Å²) >= 11 is 7.09. The Morgan fingerprint density at radius 3 is 2.78 bits per heavy atom. The van der Waals surface area contributed by atoms with Crippen LogP contribution in [0.15, 0.2) is 39.3 Å². The molecule has 0 bridgehead atoms. The molecule has 0 unspecified atom stereocenters. The van der Waals surface area contributed by atoms with Gasteiger partial charge in [0.15, 0.2) is 0 Å². The van der Waals surface area contributed by atoms with Gasteiger partial charge in [0.2, 0.25) is 0 Å². The maximum Gasteiger partial charge on any atom is 0.323 e. The number of ether oxygens (including phenoxy) is 2. The van der Waals surface area contributed by atoms with E-state index in [4.69, 9.17) is 9.47 Å². The highest BCUT2D eigenvalue weighted by Gasteiger charge is 2.31. The molecule has 0 aromatic heterocycles. The normalized spacial score (nSPS) is 20.1. The third-order valence-corrected chi connectivity index (χ3v) is 5.06. The lowest BCUT2D eigenvalue weighted by Gasteiger charge is -2.15. The van der Waals surface area contributed by atoms with Crippen molar-refractivity contribution >= 4 is 61.0 Å². The number of carbonyl (C=O) groups is 1. The summed E-state index contributed by atoms with van der Waals surface area (Å²) in [7, 11) is 1.40. The molecule has 1 saturated heterocycles. The molecule has 0 spiro atoms. The van der Waals surface area contributed by atoms with Crippen molar-refractivity contribution in [1.82, 2.24) is 5.32 Å². The molecule has 2 aromatic rings. The van der Waals surface area contributed by atoms with Crippen molar-refractivity contribution < 1.29 is 14.3 Å². The van der Waals surface area contributed by atoms with Gasteiger partial charge in [-0.2, -0.15) is 0 Å². The van der Waals surface area contributed by atoms with E-state index in [2.05, 4.69) is 43.2 Å². The SMILES string of the molecule is COC(=O)[C@@H]1C[C@@H](Oc2ccc3cc(Br)ccc3c2Br)CN1.Cl. The van der Waals surface area contributed by atoms with Gasteiger partial charge in [-0.15, -0.1) is 12.4 Å². The number of nitrogens with one attached hydrogen (secondary N) is 1. The highest BCUT2D eigenvalue weighted by molar-refractivity contribution is 9.11. The summed E-state index contributed by atoms with van der Waals surface area (Å²) in [5.41, 5.74) is 0. The van der Waals surface area contributed by atoms with Crippen LogP contribution < -0.4 is 10.1 Å². The fourth-order valence-corrected chi connectivity index (χ4v) is 3.59. The van der Waals surface area contributed by atoms with E-state index in [0.717, 1.165) is 25.5 Å². The first-order chi connectivity index (χ1) is 10.6. The lowest BCUT2D eigenvalue weighted by atomic mass is 10.1. The van der Waals surface area contributed by atoms with Crippen LogP contribution in [0.1, 0.15) is 6.42 Å². The van der Waals surface area contributed by atoms with E-state index >= 15 is 0 Å². The summed E-state index contributed by atoms with van der Waals surface area (Å²) < 4.78 is 12.8. The summed E-state index contributed by atoms with van der Waals surface area (Å²) in [5.74, 6) is 0.542. The van der Waals surface area contributed by atoms with Crippen molar-refractivity contribution in [3.63, 3.8) is 0 Å². The van der Waals surface area contributed by atoms with Crippen molar-refractivity contribution in [1.29, 1.82) is 0 Å². The molecule has 1 fully saturated rings. The molecule has 2 aromatic carbocycles. The second-order valence-electron chi connectivity index (χ2n) is 5.20. The van der Waals surface area contributed by atoms with Gasteiger partial charge >= 0.3 is 5.97 Å². The van der Waals surface area contributed by atoms with Crippen LogP contribution in [-0.4, -0.2) is 31.8 Å². The minimum Gasteiger partial charge on any atom is -0.488 e. The number of fused-ring (bicyclic) bond motifs is 1. The molecule has 0 amide bonds. The summed E-state index contributed by atoms with van der Waals surface area (Å²) in [6.07, 6.45) is 0.561. The first-order valence-corrected chi connectivity index (χ1v) is 8.52. The van der Waals surface area contributed by atoms with Gasteiger partial charge in [0, 0.05) is 17.4 Å². The highest BCUT2D eigenvalue weighted by Crippen LogP contribution is 2.35. The highest BCUT2D eigenvalue weighted by atomic mass is 79.9. The van der Waals surface area contributed by atoms with Crippen LogP contribution in [0.4, 0.5) is 0 Å². The molecule has 1 N–H and O–H groups in total. The van der Waals surface area contributed by atoms with Crippen LogP contribution in [0.2, 0.25) is 0 Å². The monoisotopic (exact) mass is 463 g/mol.